The summed E-state index contributed by atoms with van der Waals surface area (Å²) in [6.45, 7) is 5.42. The van der Waals surface area contributed by atoms with E-state index >= 15 is 0 Å². The molecule has 1 aliphatic rings. The zero-order valence-corrected chi connectivity index (χ0v) is 19.6. The van der Waals surface area contributed by atoms with Gasteiger partial charge in [0.25, 0.3) is 5.91 Å². The lowest BCUT2D eigenvalue weighted by Gasteiger charge is -2.23. The van der Waals surface area contributed by atoms with Crippen molar-refractivity contribution in [3.63, 3.8) is 0 Å². The van der Waals surface area contributed by atoms with Gasteiger partial charge < -0.3 is 20.1 Å². The van der Waals surface area contributed by atoms with Gasteiger partial charge in [-0.15, -0.1) is 0 Å². The van der Waals surface area contributed by atoms with Gasteiger partial charge in [-0.3, -0.25) is 9.48 Å². The monoisotopic (exact) mass is 470 g/mol. The SMILES string of the molecule is COc1cc(C(=O)NC2CCOCC2)ccc1Nc1ncc(Cl)c(-c2cnn(C(C)C)c2)n1. The molecule has 0 radical (unpaired) electrons. The summed E-state index contributed by atoms with van der Waals surface area (Å²) in [5.41, 5.74) is 2.52. The number of aromatic nitrogens is 4. The van der Waals surface area contributed by atoms with E-state index in [-0.39, 0.29) is 18.0 Å². The number of hydrogen-bond donors (Lipinski definition) is 2. The Hall–Kier alpha value is -3.17. The van der Waals surface area contributed by atoms with Crippen molar-refractivity contribution >= 4 is 29.1 Å². The zero-order chi connectivity index (χ0) is 23.4. The van der Waals surface area contributed by atoms with E-state index in [2.05, 4.69) is 25.7 Å². The lowest BCUT2D eigenvalue weighted by atomic mass is 10.1. The van der Waals surface area contributed by atoms with E-state index in [0.29, 0.717) is 46.9 Å². The van der Waals surface area contributed by atoms with Crippen LogP contribution in [0.5, 0.6) is 5.75 Å². The number of nitrogens with one attached hydrogen (secondary N) is 2. The number of halogens is 1. The topological polar surface area (TPSA) is 103 Å². The maximum absolute atomic E-state index is 12.7. The zero-order valence-electron chi connectivity index (χ0n) is 18.8. The summed E-state index contributed by atoms with van der Waals surface area (Å²) in [6, 6.07) is 5.55. The Kier molecular flexibility index (Phi) is 7.10. The molecule has 10 heteroatoms. The molecule has 0 saturated carbocycles. The summed E-state index contributed by atoms with van der Waals surface area (Å²) >= 11 is 6.35. The van der Waals surface area contributed by atoms with E-state index in [1.54, 1.807) is 37.7 Å². The van der Waals surface area contributed by atoms with Crippen molar-refractivity contribution in [3.05, 3.63) is 47.4 Å². The van der Waals surface area contributed by atoms with Gasteiger partial charge in [-0.2, -0.15) is 5.10 Å². The maximum Gasteiger partial charge on any atom is 0.251 e. The quantitative estimate of drug-likeness (QED) is 0.532. The van der Waals surface area contributed by atoms with Gasteiger partial charge in [-0.1, -0.05) is 11.6 Å². The van der Waals surface area contributed by atoms with Gasteiger partial charge in [-0.05, 0) is 44.9 Å². The number of methoxy groups -OCH3 is 1. The predicted molar refractivity (Wildman–Crippen MR) is 126 cm³/mol. The molecule has 0 atom stereocenters. The standard InChI is InChI=1S/C23H27ClN6O3/c1-14(2)30-13-16(11-26-30)21-18(24)12-25-23(29-21)28-19-5-4-15(10-20(19)32-3)22(31)27-17-6-8-33-9-7-17/h4-5,10-14,17H,6-9H2,1-3H3,(H,27,31)(H,25,28,29). The molecule has 1 amide bonds. The number of carbonyl (C=O) groups excluding carboxylic acids is 1. The minimum absolute atomic E-state index is 0.121. The lowest BCUT2D eigenvalue weighted by molar-refractivity contribution is 0.0696. The van der Waals surface area contributed by atoms with Gasteiger partial charge in [0.05, 0.1) is 35.9 Å². The molecule has 1 fully saturated rings. The molecule has 4 rings (SSSR count). The normalized spacial score (nSPS) is 14.3. The first-order valence-electron chi connectivity index (χ1n) is 10.9. The van der Waals surface area contributed by atoms with Crippen molar-refractivity contribution in [3.8, 4) is 17.0 Å². The fourth-order valence-electron chi connectivity index (χ4n) is 3.54. The first-order chi connectivity index (χ1) is 15.9. The average Bonchev–Trinajstić information content (AvgIpc) is 3.31. The van der Waals surface area contributed by atoms with Crippen molar-refractivity contribution in [2.45, 2.75) is 38.8 Å². The molecule has 0 bridgehead atoms. The van der Waals surface area contributed by atoms with Crippen LogP contribution in [0.3, 0.4) is 0 Å². The van der Waals surface area contributed by atoms with Crippen LogP contribution >= 0.6 is 11.6 Å². The highest BCUT2D eigenvalue weighted by Gasteiger charge is 2.19. The summed E-state index contributed by atoms with van der Waals surface area (Å²) in [6.07, 6.45) is 6.80. The van der Waals surface area contributed by atoms with Crippen molar-refractivity contribution in [1.82, 2.24) is 25.1 Å². The first-order valence-corrected chi connectivity index (χ1v) is 11.2. The summed E-state index contributed by atoms with van der Waals surface area (Å²) < 4.78 is 12.7. The molecule has 3 heterocycles. The van der Waals surface area contributed by atoms with E-state index in [1.165, 1.54) is 0 Å². The molecule has 174 valence electrons. The number of benzene rings is 1. The number of hydrogen-bond acceptors (Lipinski definition) is 7. The maximum atomic E-state index is 12.7. The molecule has 1 aromatic carbocycles. The minimum atomic E-state index is -0.140. The van der Waals surface area contributed by atoms with Gasteiger partial charge in [-0.25, -0.2) is 9.97 Å². The number of anilines is 2. The highest BCUT2D eigenvalue weighted by Crippen LogP contribution is 2.31. The first kappa shape index (κ1) is 23.0. The Bertz CT molecular complexity index is 1130. The second-order valence-electron chi connectivity index (χ2n) is 8.09. The molecular weight excluding hydrogens is 444 g/mol. The molecule has 0 spiro atoms. The van der Waals surface area contributed by atoms with Crippen molar-refractivity contribution in [2.75, 3.05) is 25.6 Å². The van der Waals surface area contributed by atoms with Gasteiger partial charge in [0, 0.05) is 42.6 Å². The molecule has 1 saturated heterocycles. The fourth-order valence-corrected chi connectivity index (χ4v) is 3.74. The number of ether oxygens (including phenoxy) is 2. The van der Waals surface area contributed by atoms with E-state index in [0.717, 1.165) is 18.4 Å². The Morgan fingerprint density at radius 1 is 1.27 bits per heavy atom. The lowest BCUT2D eigenvalue weighted by Crippen LogP contribution is -2.38. The average molecular weight is 471 g/mol. The minimum Gasteiger partial charge on any atom is -0.495 e. The van der Waals surface area contributed by atoms with Gasteiger partial charge >= 0.3 is 0 Å². The summed E-state index contributed by atoms with van der Waals surface area (Å²) in [7, 11) is 1.55. The van der Waals surface area contributed by atoms with Crippen LogP contribution in [0.15, 0.2) is 36.8 Å². The van der Waals surface area contributed by atoms with Gasteiger partial charge in [0.2, 0.25) is 5.95 Å². The molecule has 0 aliphatic carbocycles. The Morgan fingerprint density at radius 2 is 2.06 bits per heavy atom. The Labute approximate surface area is 197 Å². The highest BCUT2D eigenvalue weighted by atomic mass is 35.5. The highest BCUT2D eigenvalue weighted by molar-refractivity contribution is 6.32. The Morgan fingerprint density at radius 3 is 2.76 bits per heavy atom. The molecule has 0 unspecified atom stereocenters. The fraction of sp³-hybridized carbons (Fsp3) is 0.391. The second-order valence-corrected chi connectivity index (χ2v) is 8.50. The van der Waals surface area contributed by atoms with Gasteiger partial charge in [0.15, 0.2) is 0 Å². The summed E-state index contributed by atoms with van der Waals surface area (Å²) in [5.74, 6) is 0.714. The number of amides is 1. The third-order valence-electron chi connectivity index (χ3n) is 5.41. The number of nitrogens with zero attached hydrogens (tertiary/aromatic N) is 4. The van der Waals surface area contributed by atoms with Crippen LogP contribution in [0.25, 0.3) is 11.3 Å². The molecule has 33 heavy (non-hydrogen) atoms. The Balaban J connectivity index is 1.53. The van der Waals surface area contributed by atoms with Crippen LogP contribution < -0.4 is 15.4 Å². The summed E-state index contributed by atoms with van der Waals surface area (Å²) in [4.78, 5) is 21.5. The largest absolute Gasteiger partial charge is 0.495 e. The van der Waals surface area contributed by atoms with E-state index in [9.17, 15) is 4.79 Å². The molecule has 2 N–H and O–H groups in total. The third-order valence-corrected chi connectivity index (χ3v) is 5.69. The number of rotatable bonds is 7. The smallest absolute Gasteiger partial charge is 0.251 e. The van der Waals surface area contributed by atoms with Crippen LogP contribution in [-0.4, -0.2) is 52.0 Å². The second kappa shape index (κ2) is 10.2. The summed E-state index contributed by atoms with van der Waals surface area (Å²) in [5, 5.41) is 11.0. The third kappa shape index (κ3) is 5.43. The van der Waals surface area contributed by atoms with Crippen LogP contribution in [0, 0.1) is 0 Å². The molecule has 2 aromatic heterocycles. The molecule has 9 nitrogen and oxygen atoms in total. The van der Waals surface area contributed by atoms with Crippen LogP contribution in [-0.2, 0) is 4.74 Å². The van der Waals surface area contributed by atoms with Crippen molar-refractivity contribution in [1.29, 1.82) is 0 Å². The van der Waals surface area contributed by atoms with Crippen LogP contribution in [0.4, 0.5) is 11.6 Å². The molecule has 1 aliphatic heterocycles. The van der Waals surface area contributed by atoms with E-state index < -0.39 is 0 Å². The van der Waals surface area contributed by atoms with Crippen molar-refractivity contribution < 1.29 is 14.3 Å². The van der Waals surface area contributed by atoms with Gasteiger partial charge in [0.1, 0.15) is 5.75 Å². The van der Waals surface area contributed by atoms with E-state index in [4.69, 9.17) is 21.1 Å². The molecular formula is C23H27ClN6O3. The van der Waals surface area contributed by atoms with Crippen LogP contribution in [0.2, 0.25) is 5.02 Å². The van der Waals surface area contributed by atoms with Crippen molar-refractivity contribution in [2.24, 2.45) is 0 Å². The molecule has 3 aromatic rings. The predicted octanol–water partition coefficient (Wildman–Crippen LogP) is 4.24. The number of carbonyl (C=O) groups is 1. The van der Waals surface area contributed by atoms with E-state index in [1.807, 2.05) is 24.7 Å². The van der Waals surface area contributed by atoms with Crippen LogP contribution in [0.1, 0.15) is 43.1 Å².